The van der Waals surface area contributed by atoms with Crippen LogP contribution >= 0.6 is 0 Å². The van der Waals surface area contributed by atoms with Crippen LogP contribution in [-0.2, 0) is 0 Å². The Balaban J connectivity index is 2.13. The monoisotopic (exact) mass is 750 g/mol. The standard InChI is InChI=1S/C37H54F8OSi3/c1-9-47(10-2,11-3)19-17-15-16-18-20-49(24(7)8,22-21-48(12-4,13-5)14-6)46-37-35(44)28-29(34(43)36(37)45)32(41)27-25(30(28)39)23-26(38)31(40)33(27)42/h23-24H,9-22H2,1-8H3. The van der Waals surface area contributed by atoms with E-state index in [1.165, 1.54) is 24.2 Å². The first-order valence-electron chi connectivity index (χ1n) is 18.2. The molecule has 0 aliphatic rings. The minimum atomic E-state index is -3.16. The minimum Gasteiger partial charge on any atom is -0.539 e. The van der Waals surface area contributed by atoms with Crippen LogP contribution in [0, 0.1) is 46.5 Å². The summed E-state index contributed by atoms with van der Waals surface area (Å²) in [5.74, 6) is -16.4. The first-order valence-corrected chi connectivity index (χ1v) is 26.3. The Hall–Kier alpha value is -1.93. The summed E-state index contributed by atoms with van der Waals surface area (Å²) in [4.78, 5) is 0. The van der Waals surface area contributed by atoms with Gasteiger partial charge in [0.15, 0.2) is 34.8 Å². The summed E-state index contributed by atoms with van der Waals surface area (Å²) < 4.78 is 128. The van der Waals surface area contributed by atoms with E-state index in [1.54, 1.807) is 0 Å². The van der Waals surface area contributed by atoms with Crippen molar-refractivity contribution in [3.05, 3.63) is 52.6 Å². The largest absolute Gasteiger partial charge is 0.539 e. The molecule has 0 saturated heterocycles. The van der Waals surface area contributed by atoms with Gasteiger partial charge in [-0.05, 0) is 23.7 Å². The summed E-state index contributed by atoms with van der Waals surface area (Å²) >= 11 is 0. The summed E-state index contributed by atoms with van der Waals surface area (Å²) in [6, 6.07) is 10.3. The third-order valence-corrected chi connectivity index (χ3v) is 29.6. The number of benzene rings is 3. The van der Waals surface area contributed by atoms with Crippen molar-refractivity contribution in [1.29, 1.82) is 0 Å². The van der Waals surface area contributed by atoms with Crippen molar-refractivity contribution >= 4 is 46.0 Å². The van der Waals surface area contributed by atoms with Gasteiger partial charge in [0.1, 0.15) is 11.6 Å². The summed E-state index contributed by atoms with van der Waals surface area (Å²) in [6.45, 7) is 17.2. The molecular formula is C37H54F8OSi3. The van der Waals surface area contributed by atoms with E-state index in [9.17, 15) is 13.2 Å². The molecule has 1 nitrogen and oxygen atoms in total. The summed E-state index contributed by atoms with van der Waals surface area (Å²) in [7, 11) is -6.16. The zero-order valence-corrected chi connectivity index (χ0v) is 33.5. The molecule has 0 aliphatic carbocycles. The fourth-order valence-electron chi connectivity index (χ4n) is 7.82. The molecule has 0 saturated carbocycles. The maximum atomic E-state index is 16.4. The maximum absolute atomic E-state index is 16.4. The van der Waals surface area contributed by atoms with Crippen LogP contribution in [0.4, 0.5) is 35.1 Å². The lowest BCUT2D eigenvalue weighted by Crippen LogP contribution is -2.47. The number of rotatable bonds is 19. The molecular weight excluding hydrogens is 697 g/mol. The molecule has 276 valence electrons. The van der Waals surface area contributed by atoms with E-state index < -0.39 is 98.3 Å². The molecule has 0 amide bonds. The third kappa shape index (κ3) is 8.11. The second-order valence-electron chi connectivity index (χ2n) is 14.4. The molecule has 1 unspecified atom stereocenters. The van der Waals surface area contributed by atoms with Crippen LogP contribution in [0.5, 0.6) is 5.75 Å². The summed E-state index contributed by atoms with van der Waals surface area (Å²) in [6.07, 6.45) is 3.80. The van der Waals surface area contributed by atoms with Gasteiger partial charge in [-0.2, -0.15) is 4.39 Å². The van der Waals surface area contributed by atoms with Gasteiger partial charge < -0.3 is 4.43 Å². The van der Waals surface area contributed by atoms with E-state index in [1.807, 2.05) is 13.8 Å². The van der Waals surface area contributed by atoms with Gasteiger partial charge in [-0.1, -0.05) is 129 Å². The van der Waals surface area contributed by atoms with Crippen molar-refractivity contribution in [2.45, 2.75) is 147 Å². The fraction of sp³-hybridized carbons (Fsp3) is 0.622. The Morgan fingerprint density at radius 2 is 0.959 bits per heavy atom. The summed E-state index contributed by atoms with van der Waals surface area (Å²) in [5, 5.41) is -5.41. The highest BCUT2D eigenvalue weighted by atomic mass is 28.4. The van der Waals surface area contributed by atoms with Crippen molar-refractivity contribution < 1.29 is 39.5 Å². The molecule has 0 aliphatic heterocycles. The topological polar surface area (TPSA) is 9.23 Å². The van der Waals surface area contributed by atoms with E-state index in [-0.39, 0.29) is 11.6 Å². The van der Waals surface area contributed by atoms with Gasteiger partial charge in [-0.15, -0.1) is 0 Å². The number of hydrogen-bond donors (Lipinski definition) is 0. The van der Waals surface area contributed by atoms with Crippen LogP contribution in [0.2, 0.25) is 66.0 Å². The lowest BCUT2D eigenvalue weighted by Gasteiger charge is -2.39. The molecule has 0 heterocycles. The highest BCUT2D eigenvalue weighted by Crippen LogP contribution is 2.45. The molecule has 0 aromatic heterocycles. The molecule has 1 atom stereocenters. The van der Waals surface area contributed by atoms with Gasteiger partial charge in [0.25, 0.3) is 8.32 Å². The molecule has 0 radical (unpaired) electrons. The Labute approximate surface area is 290 Å². The van der Waals surface area contributed by atoms with E-state index >= 15 is 22.0 Å². The smallest absolute Gasteiger partial charge is 0.253 e. The van der Waals surface area contributed by atoms with Gasteiger partial charge in [0.05, 0.1) is 32.3 Å². The number of hydrogen-bond acceptors (Lipinski definition) is 1. The predicted octanol–water partition coefficient (Wildman–Crippen LogP) is 14.4. The quantitative estimate of drug-likeness (QED) is 0.0296. The molecule has 3 rings (SSSR count). The SMILES string of the molecule is CC[Si](CC)(CC)CCCCCC[Si](CC[Si](CC)(CC)CC)(Oc1c(F)c(F)c2c(F)c3c(F)c(F)c(F)cc3c(F)c2c1F)C(C)C. The lowest BCUT2D eigenvalue weighted by atomic mass is 9.99. The Bertz CT molecular complexity index is 1590. The Morgan fingerprint density at radius 3 is 1.47 bits per heavy atom. The molecule has 0 N–H and O–H groups in total. The van der Waals surface area contributed by atoms with Crippen LogP contribution in [0.3, 0.4) is 0 Å². The molecule has 49 heavy (non-hydrogen) atoms. The maximum Gasteiger partial charge on any atom is 0.253 e. The van der Waals surface area contributed by atoms with E-state index in [2.05, 4.69) is 41.5 Å². The van der Waals surface area contributed by atoms with Gasteiger partial charge in [-0.25, -0.2) is 30.7 Å². The molecule has 0 spiro atoms. The second-order valence-corrected chi connectivity index (χ2v) is 30.1. The zero-order valence-electron chi connectivity index (χ0n) is 30.5. The van der Waals surface area contributed by atoms with Crippen LogP contribution in [0.25, 0.3) is 21.5 Å². The van der Waals surface area contributed by atoms with E-state index in [0.717, 1.165) is 49.9 Å². The van der Waals surface area contributed by atoms with Crippen molar-refractivity contribution in [3.8, 4) is 5.75 Å². The van der Waals surface area contributed by atoms with Crippen molar-refractivity contribution in [3.63, 3.8) is 0 Å². The molecule has 0 bridgehead atoms. The van der Waals surface area contributed by atoms with Gasteiger partial charge in [0.2, 0.25) is 5.82 Å². The van der Waals surface area contributed by atoms with Crippen molar-refractivity contribution in [2.24, 2.45) is 0 Å². The van der Waals surface area contributed by atoms with E-state index in [4.69, 9.17) is 4.43 Å². The number of unbranched alkanes of at least 4 members (excludes halogenated alkanes) is 3. The lowest BCUT2D eigenvalue weighted by molar-refractivity contribution is 0.408. The Morgan fingerprint density at radius 1 is 0.490 bits per heavy atom. The Kier molecular flexibility index (Phi) is 14.4. The third-order valence-electron chi connectivity index (χ3n) is 12.3. The highest BCUT2D eigenvalue weighted by molar-refractivity contribution is 6.83. The van der Waals surface area contributed by atoms with Gasteiger partial charge in [-0.3, -0.25) is 0 Å². The predicted molar refractivity (Wildman–Crippen MR) is 195 cm³/mol. The van der Waals surface area contributed by atoms with Crippen LogP contribution < -0.4 is 4.43 Å². The molecule has 3 aromatic carbocycles. The first-order chi connectivity index (χ1) is 23.1. The molecule has 3 aromatic rings. The zero-order chi connectivity index (χ0) is 36.9. The highest BCUT2D eigenvalue weighted by Gasteiger charge is 2.44. The molecule has 0 fully saturated rings. The van der Waals surface area contributed by atoms with Crippen molar-refractivity contribution in [1.82, 2.24) is 0 Å². The fourth-order valence-corrected chi connectivity index (χ4v) is 21.0. The van der Waals surface area contributed by atoms with Crippen LogP contribution in [-0.4, -0.2) is 24.5 Å². The van der Waals surface area contributed by atoms with E-state index in [0.29, 0.717) is 12.1 Å². The first kappa shape index (κ1) is 41.5. The normalized spacial score (nSPS) is 14.0. The number of fused-ring (bicyclic) bond motifs is 2. The van der Waals surface area contributed by atoms with Crippen LogP contribution in [0.15, 0.2) is 6.07 Å². The average Bonchev–Trinajstić information content (AvgIpc) is 3.09. The second kappa shape index (κ2) is 17.1. The average molecular weight is 751 g/mol. The molecule has 12 heteroatoms. The van der Waals surface area contributed by atoms with Gasteiger partial charge in [0, 0.05) is 5.39 Å². The van der Waals surface area contributed by atoms with Gasteiger partial charge >= 0.3 is 0 Å². The minimum absolute atomic E-state index is 0.160. The van der Waals surface area contributed by atoms with Crippen LogP contribution in [0.1, 0.15) is 81.1 Å². The van der Waals surface area contributed by atoms with Crippen molar-refractivity contribution in [2.75, 3.05) is 0 Å². The summed E-state index contributed by atoms with van der Waals surface area (Å²) in [5.41, 5.74) is -0.160. The number of halogens is 8.